The van der Waals surface area contributed by atoms with Gasteiger partial charge in [0.25, 0.3) is 5.56 Å². The van der Waals surface area contributed by atoms with Crippen molar-refractivity contribution >= 4 is 5.65 Å². The van der Waals surface area contributed by atoms with Crippen LogP contribution in [-0.2, 0) is 0 Å². The molecule has 4 nitrogen and oxygen atoms in total. The molecule has 0 aliphatic rings. The standard InChI is InChI=1S/C17H16N2O2/c1-2-10-21-14-8-9-19-16(11-14)18-15(12-17(19)20)13-6-4-3-5-7-13/h3-9,11-12H,2,10H2,1H3. The zero-order valence-corrected chi connectivity index (χ0v) is 11.8. The van der Waals surface area contributed by atoms with Gasteiger partial charge in [0.15, 0.2) is 0 Å². The highest BCUT2D eigenvalue weighted by atomic mass is 16.5. The summed E-state index contributed by atoms with van der Waals surface area (Å²) in [7, 11) is 0. The molecule has 3 rings (SSSR count). The van der Waals surface area contributed by atoms with E-state index in [1.165, 1.54) is 4.40 Å². The molecule has 0 saturated carbocycles. The van der Waals surface area contributed by atoms with Gasteiger partial charge in [-0.1, -0.05) is 37.3 Å². The largest absolute Gasteiger partial charge is 0.493 e. The maximum absolute atomic E-state index is 12.2. The van der Waals surface area contributed by atoms with Crippen LogP contribution in [0, 0.1) is 0 Å². The number of ether oxygens (including phenoxy) is 1. The summed E-state index contributed by atoms with van der Waals surface area (Å²) < 4.78 is 7.11. The molecule has 0 radical (unpaired) electrons. The van der Waals surface area contributed by atoms with Crippen molar-refractivity contribution in [1.29, 1.82) is 0 Å². The van der Waals surface area contributed by atoms with E-state index in [1.807, 2.05) is 30.3 Å². The molecule has 0 aliphatic carbocycles. The van der Waals surface area contributed by atoms with Crippen molar-refractivity contribution in [3.63, 3.8) is 0 Å². The van der Waals surface area contributed by atoms with Crippen LogP contribution in [0.15, 0.2) is 59.5 Å². The summed E-state index contributed by atoms with van der Waals surface area (Å²) in [5.74, 6) is 0.731. The summed E-state index contributed by atoms with van der Waals surface area (Å²) in [4.78, 5) is 16.7. The lowest BCUT2D eigenvalue weighted by Gasteiger charge is -2.07. The van der Waals surface area contributed by atoms with Gasteiger partial charge < -0.3 is 4.74 Å². The van der Waals surface area contributed by atoms with Gasteiger partial charge in [0.2, 0.25) is 0 Å². The molecule has 0 atom stereocenters. The van der Waals surface area contributed by atoms with E-state index in [9.17, 15) is 4.79 Å². The Labute approximate surface area is 122 Å². The lowest BCUT2D eigenvalue weighted by molar-refractivity contribution is 0.317. The number of nitrogens with zero attached hydrogens (tertiary/aromatic N) is 2. The van der Waals surface area contributed by atoms with E-state index in [0.717, 1.165) is 17.7 Å². The average molecular weight is 280 g/mol. The highest BCUT2D eigenvalue weighted by molar-refractivity contribution is 5.61. The molecule has 21 heavy (non-hydrogen) atoms. The lowest BCUT2D eigenvalue weighted by Crippen LogP contribution is -2.14. The van der Waals surface area contributed by atoms with E-state index in [4.69, 9.17) is 4.74 Å². The normalized spacial score (nSPS) is 10.7. The van der Waals surface area contributed by atoms with Crippen LogP contribution in [0.1, 0.15) is 13.3 Å². The first-order valence-electron chi connectivity index (χ1n) is 6.99. The van der Waals surface area contributed by atoms with Gasteiger partial charge in [0.1, 0.15) is 11.4 Å². The van der Waals surface area contributed by atoms with Gasteiger partial charge in [0, 0.05) is 23.9 Å². The molecule has 0 N–H and O–H groups in total. The predicted octanol–water partition coefficient (Wildman–Crippen LogP) is 3.15. The summed E-state index contributed by atoms with van der Waals surface area (Å²) in [6, 6.07) is 14.8. The Hall–Kier alpha value is -2.62. The molecule has 0 bridgehead atoms. The van der Waals surface area contributed by atoms with Crippen LogP contribution in [0.5, 0.6) is 5.75 Å². The third-order valence-corrected chi connectivity index (χ3v) is 3.18. The molecular formula is C17H16N2O2. The van der Waals surface area contributed by atoms with Gasteiger partial charge in [0.05, 0.1) is 12.3 Å². The second kappa shape index (κ2) is 5.79. The SMILES string of the molecule is CCCOc1ccn2c(=O)cc(-c3ccccc3)nc2c1. The fraction of sp³-hybridized carbons (Fsp3) is 0.176. The number of aromatic nitrogens is 2. The summed E-state index contributed by atoms with van der Waals surface area (Å²) in [6.07, 6.45) is 2.64. The first-order chi connectivity index (χ1) is 10.3. The number of fused-ring (bicyclic) bond motifs is 1. The minimum atomic E-state index is -0.0964. The Morgan fingerprint density at radius 1 is 1.14 bits per heavy atom. The quantitative estimate of drug-likeness (QED) is 0.737. The van der Waals surface area contributed by atoms with Gasteiger partial charge in [-0.25, -0.2) is 4.98 Å². The van der Waals surface area contributed by atoms with Gasteiger partial charge >= 0.3 is 0 Å². The molecule has 0 aliphatic heterocycles. The second-order valence-electron chi connectivity index (χ2n) is 4.78. The molecule has 2 aromatic heterocycles. The van der Waals surface area contributed by atoms with Crippen molar-refractivity contribution in [1.82, 2.24) is 9.38 Å². The molecule has 1 aromatic carbocycles. The van der Waals surface area contributed by atoms with E-state index in [-0.39, 0.29) is 5.56 Å². The highest BCUT2D eigenvalue weighted by Crippen LogP contribution is 2.18. The van der Waals surface area contributed by atoms with Crippen molar-refractivity contribution in [3.05, 3.63) is 65.1 Å². The molecule has 3 aromatic rings. The van der Waals surface area contributed by atoms with Gasteiger partial charge in [-0.15, -0.1) is 0 Å². The van der Waals surface area contributed by atoms with Crippen LogP contribution >= 0.6 is 0 Å². The molecular weight excluding hydrogens is 264 g/mol. The zero-order valence-electron chi connectivity index (χ0n) is 11.8. The molecule has 0 unspecified atom stereocenters. The number of hydrogen-bond acceptors (Lipinski definition) is 3. The van der Waals surface area contributed by atoms with E-state index in [2.05, 4.69) is 11.9 Å². The van der Waals surface area contributed by atoms with Crippen LogP contribution in [-0.4, -0.2) is 16.0 Å². The molecule has 0 saturated heterocycles. The van der Waals surface area contributed by atoms with Crippen molar-refractivity contribution in [2.75, 3.05) is 6.61 Å². The summed E-state index contributed by atoms with van der Waals surface area (Å²) in [5, 5.41) is 0. The van der Waals surface area contributed by atoms with Crippen molar-refractivity contribution < 1.29 is 4.74 Å². The van der Waals surface area contributed by atoms with E-state index in [1.54, 1.807) is 24.4 Å². The van der Waals surface area contributed by atoms with Crippen molar-refractivity contribution in [2.45, 2.75) is 13.3 Å². The first-order valence-corrected chi connectivity index (χ1v) is 6.99. The molecule has 2 heterocycles. The van der Waals surface area contributed by atoms with Crippen molar-refractivity contribution in [2.24, 2.45) is 0 Å². The van der Waals surface area contributed by atoms with Gasteiger partial charge in [-0.05, 0) is 12.5 Å². The second-order valence-corrected chi connectivity index (χ2v) is 4.78. The Morgan fingerprint density at radius 2 is 1.95 bits per heavy atom. The Kier molecular flexibility index (Phi) is 3.69. The Balaban J connectivity index is 2.10. The van der Waals surface area contributed by atoms with Crippen molar-refractivity contribution in [3.8, 4) is 17.0 Å². The highest BCUT2D eigenvalue weighted by Gasteiger charge is 2.05. The minimum absolute atomic E-state index is 0.0964. The summed E-state index contributed by atoms with van der Waals surface area (Å²) in [5.41, 5.74) is 2.10. The fourth-order valence-corrected chi connectivity index (χ4v) is 2.15. The average Bonchev–Trinajstić information content (AvgIpc) is 2.53. The number of rotatable bonds is 4. The number of hydrogen-bond donors (Lipinski definition) is 0. The number of pyridine rings is 1. The molecule has 106 valence electrons. The summed E-state index contributed by atoms with van der Waals surface area (Å²) >= 11 is 0. The third kappa shape index (κ3) is 2.79. The topological polar surface area (TPSA) is 43.6 Å². The Bertz CT molecular complexity index is 810. The molecule has 4 heteroatoms. The molecule has 0 spiro atoms. The molecule has 0 fully saturated rings. The molecule has 0 amide bonds. The lowest BCUT2D eigenvalue weighted by atomic mass is 10.1. The van der Waals surface area contributed by atoms with Gasteiger partial charge in [-0.2, -0.15) is 0 Å². The maximum Gasteiger partial charge on any atom is 0.258 e. The van der Waals surface area contributed by atoms with E-state index < -0.39 is 0 Å². The van der Waals surface area contributed by atoms with E-state index in [0.29, 0.717) is 17.9 Å². The fourth-order valence-electron chi connectivity index (χ4n) is 2.15. The minimum Gasteiger partial charge on any atom is -0.493 e. The van der Waals surface area contributed by atoms with Crippen LogP contribution in [0.3, 0.4) is 0 Å². The predicted molar refractivity (Wildman–Crippen MR) is 82.7 cm³/mol. The van der Waals surface area contributed by atoms with Crippen LogP contribution in [0.4, 0.5) is 0 Å². The van der Waals surface area contributed by atoms with Gasteiger partial charge in [-0.3, -0.25) is 9.20 Å². The smallest absolute Gasteiger partial charge is 0.258 e. The van der Waals surface area contributed by atoms with Crippen LogP contribution in [0.2, 0.25) is 0 Å². The van der Waals surface area contributed by atoms with Crippen LogP contribution < -0.4 is 10.3 Å². The Morgan fingerprint density at radius 3 is 2.71 bits per heavy atom. The summed E-state index contributed by atoms with van der Waals surface area (Å²) in [6.45, 7) is 2.70. The zero-order chi connectivity index (χ0) is 14.7. The third-order valence-electron chi connectivity index (χ3n) is 3.18. The van der Waals surface area contributed by atoms with E-state index >= 15 is 0 Å². The monoisotopic (exact) mass is 280 g/mol. The number of benzene rings is 1. The maximum atomic E-state index is 12.2. The first kappa shape index (κ1) is 13.4. The van der Waals surface area contributed by atoms with Crippen LogP contribution in [0.25, 0.3) is 16.9 Å².